The van der Waals surface area contributed by atoms with E-state index in [2.05, 4.69) is 9.97 Å². The van der Waals surface area contributed by atoms with Gasteiger partial charge in [0.05, 0.1) is 0 Å². The zero-order chi connectivity index (χ0) is 9.26. The van der Waals surface area contributed by atoms with Gasteiger partial charge in [0.15, 0.2) is 11.0 Å². The zero-order valence-corrected chi connectivity index (χ0v) is 7.66. The van der Waals surface area contributed by atoms with Crippen LogP contribution in [0.5, 0.6) is 0 Å². The number of hydrogen-bond acceptors (Lipinski definition) is 3. The topological polar surface area (TPSA) is 46.1 Å². The molecule has 0 aromatic carbocycles. The standard InChI is InChI=1S/C8H8ClN3O.Na.H/c9-7-8(11-4-3-10-7)12-5-1-2-6(12)13;;/h3-4H,1-2,5H2;;. The van der Waals surface area contributed by atoms with Crippen molar-refractivity contribution >= 4 is 52.9 Å². The summed E-state index contributed by atoms with van der Waals surface area (Å²) in [7, 11) is 0. The van der Waals surface area contributed by atoms with Gasteiger partial charge in [-0.15, -0.1) is 0 Å². The van der Waals surface area contributed by atoms with Crippen molar-refractivity contribution in [1.29, 1.82) is 0 Å². The second-order valence-corrected chi connectivity index (χ2v) is 3.18. The Hall–Kier alpha value is -0.160. The molecule has 2 rings (SSSR count). The van der Waals surface area contributed by atoms with E-state index in [1.54, 1.807) is 4.90 Å². The summed E-state index contributed by atoms with van der Waals surface area (Å²) >= 11 is 5.80. The summed E-state index contributed by atoms with van der Waals surface area (Å²) in [5.41, 5.74) is 0. The van der Waals surface area contributed by atoms with Gasteiger partial charge >= 0.3 is 29.6 Å². The van der Waals surface area contributed by atoms with Crippen molar-refractivity contribution in [1.82, 2.24) is 9.97 Å². The average Bonchev–Trinajstić information content (AvgIpc) is 2.52. The first-order valence-corrected chi connectivity index (χ1v) is 4.44. The molecule has 2 heterocycles. The molecule has 0 bridgehead atoms. The maximum atomic E-state index is 11.3. The molecule has 70 valence electrons. The molecule has 0 N–H and O–H groups in total. The van der Waals surface area contributed by atoms with Crippen LogP contribution in [0.15, 0.2) is 12.4 Å². The Morgan fingerprint density at radius 3 is 2.64 bits per heavy atom. The van der Waals surface area contributed by atoms with Crippen LogP contribution >= 0.6 is 11.6 Å². The van der Waals surface area contributed by atoms with Crippen molar-refractivity contribution in [2.24, 2.45) is 0 Å². The number of hydrogen-bond donors (Lipinski definition) is 0. The van der Waals surface area contributed by atoms with E-state index >= 15 is 0 Å². The number of carbonyl (C=O) groups is 1. The monoisotopic (exact) mass is 221 g/mol. The van der Waals surface area contributed by atoms with E-state index in [1.807, 2.05) is 0 Å². The summed E-state index contributed by atoms with van der Waals surface area (Å²) in [6.07, 6.45) is 4.48. The molecule has 6 heteroatoms. The molecule has 1 saturated heterocycles. The van der Waals surface area contributed by atoms with Gasteiger partial charge in [-0.3, -0.25) is 9.69 Å². The van der Waals surface area contributed by atoms with Gasteiger partial charge in [0, 0.05) is 25.4 Å². The number of nitrogens with zero attached hydrogens (tertiary/aromatic N) is 3. The van der Waals surface area contributed by atoms with Gasteiger partial charge in [-0.05, 0) is 6.42 Å². The Morgan fingerprint density at radius 1 is 1.36 bits per heavy atom. The van der Waals surface area contributed by atoms with E-state index in [4.69, 9.17) is 11.6 Å². The number of carbonyl (C=O) groups excluding carboxylic acids is 1. The van der Waals surface area contributed by atoms with E-state index in [-0.39, 0.29) is 40.6 Å². The average molecular weight is 222 g/mol. The van der Waals surface area contributed by atoms with Crippen molar-refractivity contribution < 1.29 is 4.79 Å². The molecule has 1 aromatic rings. The summed E-state index contributed by atoms with van der Waals surface area (Å²) < 4.78 is 0. The van der Waals surface area contributed by atoms with E-state index in [0.717, 1.165) is 6.42 Å². The van der Waals surface area contributed by atoms with E-state index in [0.29, 0.717) is 18.8 Å². The van der Waals surface area contributed by atoms with Crippen LogP contribution in [-0.2, 0) is 4.79 Å². The molecule has 0 aliphatic carbocycles. The molecule has 0 atom stereocenters. The Labute approximate surface area is 109 Å². The van der Waals surface area contributed by atoms with Crippen LogP contribution in [0.25, 0.3) is 0 Å². The molecule has 4 nitrogen and oxygen atoms in total. The second-order valence-electron chi connectivity index (χ2n) is 2.82. The van der Waals surface area contributed by atoms with Crippen LogP contribution in [0.3, 0.4) is 0 Å². The number of rotatable bonds is 1. The third kappa shape index (κ3) is 2.25. The van der Waals surface area contributed by atoms with Crippen LogP contribution in [0.4, 0.5) is 5.82 Å². The van der Waals surface area contributed by atoms with Crippen molar-refractivity contribution in [2.45, 2.75) is 12.8 Å². The van der Waals surface area contributed by atoms with E-state index in [1.165, 1.54) is 12.4 Å². The van der Waals surface area contributed by atoms with Crippen LogP contribution in [-0.4, -0.2) is 52.0 Å². The summed E-state index contributed by atoms with van der Waals surface area (Å²) in [5, 5.41) is 0.290. The maximum absolute atomic E-state index is 11.3. The molecular weight excluding hydrogens is 213 g/mol. The predicted molar refractivity (Wildman–Crippen MR) is 55.8 cm³/mol. The SMILES string of the molecule is O=C1CCCN1c1nccnc1Cl.[NaH]. The Bertz CT molecular complexity index is 347. The summed E-state index contributed by atoms with van der Waals surface area (Å²) in [6, 6.07) is 0. The Morgan fingerprint density at radius 2 is 2.07 bits per heavy atom. The fourth-order valence-corrected chi connectivity index (χ4v) is 1.57. The molecule has 1 aliphatic rings. The number of halogens is 1. The molecule has 0 unspecified atom stereocenters. The normalized spacial score (nSPS) is 15.5. The number of anilines is 1. The van der Waals surface area contributed by atoms with Gasteiger partial charge in [-0.2, -0.15) is 0 Å². The van der Waals surface area contributed by atoms with Crippen molar-refractivity contribution in [2.75, 3.05) is 11.4 Å². The van der Waals surface area contributed by atoms with Crippen LogP contribution in [0.1, 0.15) is 12.8 Å². The molecule has 14 heavy (non-hydrogen) atoms. The molecule has 1 amide bonds. The molecule has 1 aliphatic heterocycles. The molecule has 1 fully saturated rings. The third-order valence-corrected chi connectivity index (χ3v) is 2.23. The van der Waals surface area contributed by atoms with Crippen molar-refractivity contribution in [3.63, 3.8) is 0 Å². The van der Waals surface area contributed by atoms with E-state index in [9.17, 15) is 4.79 Å². The summed E-state index contributed by atoms with van der Waals surface area (Å²) in [6.45, 7) is 0.692. The Kier molecular flexibility index (Phi) is 4.31. The zero-order valence-electron chi connectivity index (χ0n) is 6.90. The van der Waals surface area contributed by atoms with Gasteiger partial charge in [0.25, 0.3) is 0 Å². The van der Waals surface area contributed by atoms with Crippen LogP contribution in [0.2, 0.25) is 5.15 Å². The fraction of sp³-hybridized carbons (Fsp3) is 0.375. The van der Waals surface area contributed by atoms with Crippen molar-refractivity contribution in [3.8, 4) is 0 Å². The van der Waals surface area contributed by atoms with Crippen molar-refractivity contribution in [3.05, 3.63) is 17.5 Å². The minimum atomic E-state index is 0. The van der Waals surface area contributed by atoms with Gasteiger partial charge in [-0.25, -0.2) is 9.97 Å². The molecule has 0 spiro atoms. The number of amides is 1. The van der Waals surface area contributed by atoms with Gasteiger partial charge < -0.3 is 0 Å². The van der Waals surface area contributed by atoms with E-state index < -0.39 is 0 Å². The fourth-order valence-electron chi connectivity index (χ4n) is 1.37. The van der Waals surface area contributed by atoms with Crippen LogP contribution < -0.4 is 4.90 Å². The first kappa shape index (κ1) is 11.9. The second kappa shape index (κ2) is 5.07. The molecule has 0 radical (unpaired) electrons. The number of aromatic nitrogens is 2. The third-order valence-electron chi connectivity index (χ3n) is 1.96. The summed E-state index contributed by atoms with van der Waals surface area (Å²) in [5.74, 6) is 0.550. The Balaban J connectivity index is 0.000000980. The molecule has 1 aromatic heterocycles. The quantitative estimate of drug-likeness (QED) is 0.653. The van der Waals surface area contributed by atoms with Gasteiger partial charge in [0.1, 0.15) is 0 Å². The molecular formula is C8H9ClN3NaO. The minimum absolute atomic E-state index is 0. The molecule has 0 saturated carbocycles. The first-order valence-electron chi connectivity index (χ1n) is 4.06. The van der Waals surface area contributed by atoms with Gasteiger partial charge in [-0.1, -0.05) is 11.6 Å². The predicted octanol–water partition coefficient (Wildman–Crippen LogP) is 0.608. The summed E-state index contributed by atoms with van der Waals surface area (Å²) in [4.78, 5) is 20.8. The van der Waals surface area contributed by atoms with Gasteiger partial charge in [0.2, 0.25) is 5.91 Å². The van der Waals surface area contributed by atoms with Crippen LogP contribution in [0, 0.1) is 0 Å². The first-order chi connectivity index (χ1) is 6.29.